The van der Waals surface area contributed by atoms with Crippen LogP contribution in [0.25, 0.3) is 0 Å². The Bertz CT molecular complexity index is 377. The molecule has 0 nitrogen and oxygen atoms in total. The van der Waals surface area contributed by atoms with Crippen LogP contribution < -0.4 is 0 Å². The van der Waals surface area contributed by atoms with Gasteiger partial charge in [-0.25, -0.2) is 0 Å². The molecule has 0 saturated heterocycles. The highest BCUT2D eigenvalue weighted by molar-refractivity contribution is 5.34. The Hall–Kier alpha value is -1.43. The summed E-state index contributed by atoms with van der Waals surface area (Å²) in [5.74, 6) is 2.53. The van der Waals surface area contributed by atoms with Gasteiger partial charge < -0.3 is 0 Å². The van der Waals surface area contributed by atoms with Crippen molar-refractivity contribution in [2.45, 2.75) is 25.4 Å². The van der Waals surface area contributed by atoms with Gasteiger partial charge >= 0.3 is 6.18 Å². The van der Waals surface area contributed by atoms with Crippen molar-refractivity contribution in [3.63, 3.8) is 0 Å². The maximum absolute atomic E-state index is 12.3. The second-order valence-corrected chi connectivity index (χ2v) is 3.84. The molecule has 0 N–H and O–H groups in total. The van der Waals surface area contributed by atoms with E-state index in [1.54, 1.807) is 13.8 Å². The summed E-state index contributed by atoms with van der Waals surface area (Å²) in [6.07, 6.45) is 0.997. The van der Waals surface area contributed by atoms with Crippen molar-refractivity contribution < 1.29 is 13.2 Å². The summed E-state index contributed by atoms with van der Waals surface area (Å²) < 4.78 is 36.8. The van der Waals surface area contributed by atoms with Gasteiger partial charge in [0.25, 0.3) is 0 Å². The molecule has 15 heavy (non-hydrogen) atoms. The number of halogens is 3. The SMILES string of the molecule is C#CC(C)(C)c1ccc(C(F)(F)F)cc1. The van der Waals surface area contributed by atoms with Gasteiger partial charge in [-0.2, -0.15) is 13.2 Å². The molecule has 3 heteroatoms. The normalized spacial score (nSPS) is 12.3. The molecule has 1 rings (SSSR count). The highest BCUT2D eigenvalue weighted by atomic mass is 19.4. The molecule has 0 aliphatic rings. The van der Waals surface area contributed by atoms with E-state index < -0.39 is 17.2 Å². The van der Waals surface area contributed by atoms with Crippen LogP contribution in [0.4, 0.5) is 13.2 Å². The first kappa shape index (κ1) is 11.6. The third-order valence-electron chi connectivity index (χ3n) is 2.29. The molecule has 0 aliphatic heterocycles. The summed E-state index contributed by atoms with van der Waals surface area (Å²) in [7, 11) is 0. The monoisotopic (exact) mass is 212 g/mol. The average molecular weight is 212 g/mol. The van der Waals surface area contributed by atoms with Gasteiger partial charge in [-0.15, -0.1) is 6.42 Å². The van der Waals surface area contributed by atoms with Crippen molar-refractivity contribution in [2.75, 3.05) is 0 Å². The maximum Gasteiger partial charge on any atom is 0.416 e. The number of alkyl halides is 3. The summed E-state index contributed by atoms with van der Waals surface area (Å²) in [6.45, 7) is 3.57. The van der Waals surface area contributed by atoms with E-state index in [4.69, 9.17) is 6.42 Å². The van der Waals surface area contributed by atoms with Gasteiger partial charge in [0, 0.05) is 0 Å². The fraction of sp³-hybridized carbons (Fsp3) is 0.333. The lowest BCUT2D eigenvalue weighted by molar-refractivity contribution is -0.137. The van der Waals surface area contributed by atoms with E-state index in [9.17, 15) is 13.2 Å². The Morgan fingerprint density at radius 3 is 1.73 bits per heavy atom. The number of benzene rings is 1. The quantitative estimate of drug-likeness (QED) is 0.624. The molecule has 1 aromatic rings. The third-order valence-corrected chi connectivity index (χ3v) is 2.29. The molecule has 0 atom stereocenters. The Kier molecular flexibility index (Phi) is 2.81. The minimum Gasteiger partial charge on any atom is -0.166 e. The minimum atomic E-state index is -4.29. The fourth-order valence-electron chi connectivity index (χ4n) is 1.16. The summed E-state index contributed by atoms with van der Waals surface area (Å²) in [5, 5.41) is 0. The molecule has 1 aromatic carbocycles. The molecule has 0 bridgehead atoms. The molecule has 0 aromatic heterocycles. The highest BCUT2D eigenvalue weighted by Gasteiger charge is 2.30. The molecule has 0 radical (unpaired) electrons. The van der Waals surface area contributed by atoms with Crippen LogP contribution in [0.3, 0.4) is 0 Å². The van der Waals surface area contributed by atoms with Crippen LogP contribution in [0.1, 0.15) is 25.0 Å². The minimum absolute atomic E-state index is 0.538. The van der Waals surface area contributed by atoms with Gasteiger partial charge in [0.1, 0.15) is 0 Å². The first-order valence-corrected chi connectivity index (χ1v) is 4.43. The maximum atomic E-state index is 12.3. The van der Waals surface area contributed by atoms with Gasteiger partial charge in [0.15, 0.2) is 0 Å². The number of rotatable bonds is 1. The van der Waals surface area contributed by atoms with Crippen LogP contribution >= 0.6 is 0 Å². The van der Waals surface area contributed by atoms with Crippen LogP contribution in [0, 0.1) is 12.3 Å². The van der Waals surface area contributed by atoms with E-state index in [0.717, 1.165) is 12.1 Å². The van der Waals surface area contributed by atoms with E-state index in [-0.39, 0.29) is 0 Å². The predicted molar refractivity (Wildman–Crippen MR) is 53.3 cm³/mol. The number of hydrogen-bond donors (Lipinski definition) is 0. The lowest BCUT2D eigenvalue weighted by Gasteiger charge is -2.18. The topological polar surface area (TPSA) is 0 Å². The molecule has 0 heterocycles. The Morgan fingerprint density at radius 1 is 1.00 bits per heavy atom. The van der Waals surface area contributed by atoms with Gasteiger partial charge in [-0.05, 0) is 31.5 Å². The van der Waals surface area contributed by atoms with Crippen LogP contribution in [0.15, 0.2) is 24.3 Å². The lowest BCUT2D eigenvalue weighted by atomic mass is 9.85. The standard InChI is InChI=1S/C12H11F3/c1-4-11(2,3)9-5-7-10(8-6-9)12(13,14)15/h1,5-8H,2-3H3. The molecular formula is C12H11F3. The van der Waals surface area contributed by atoms with Crippen molar-refractivity contribution in [3.05, 3.63) is 35.4 Å². The third kappa shape index (κ3) is 2.53. The molecule has 0 unspecified atom stereocenters. The Morgan fingerprint density at radius 2 is 1.40 bits per heavy atom. The molecular weight excluding hydrogens is 201 g/mol. The second-order valence-electron chi connectivity index (χ2n) is 3.84. The second kappa shape index (κ2) is 3.62. The summed E-state index contributed by atoms with van der Waals surface area (Å²) in [5.41, 5.74) is -0.485. The van der Waals surface area contributed by atoms with E-state index in [0.29, 0.717) is 5.56 Å². The van der Waals surface area contributed by atoms with E-state index >= 15 is 0 Å². The van der Waals surface area contributed by atoms with Crippen LogP contribution in [0.5, 0.6) is 0 Å². The first-order chi connectivity index (χ1) is 6.77. The zero-order valence-electron chi connectivity index (χ0n) is 8.52. The lowest BCUT2D eigenvalue weighted by Crippen LogP contribution is -2.14. The van der Waals surface area contributed by atoms with Gasteiger partial charge in [-0.3, -0.25) is 0 Å². The zero-order valence-corrected chi connectivity index (χ0v) is 8.52. The van der Waals surface area contributed by atoms with E-state index in [1.807, 2.05) is 0 Å². The van der Waals surface area contributed by atoms with E-state index in [1.165, 1.54) is 12.1 Å². The van der Waals surface area contributed by atoms with Crippen molar-refractivity contribution in [3.8, 4) is 12.3 Å². The molecule has 0 aliphatic carbocycles. The van der Waals surface area contributed by atoms with Gasteiger partial charge in [0.2, 0.25) is 0 Å². The molecule has 0 fully saturated rings. The van der Waals surface area contributed by atoms with Crippen molar-refractivity contribution >= 4 is 0 Å². The number of hydrogen-bond acceptors (Lipinski definition) is 0. The summed E-state index contributed by atoms with van der Waals surface area (Å²) >= 11 is 0. The highest BCUT2D eigenvalue weighted by Crippen LogP contribution is 2.31. The van der Waals surface area contributed by atoms with Crippen LogP contribution in [-0.4, -0.2) is 0 Å². The molecule has 80 valence electrons. The fourth-order valence-corrected chi connectivity index (χ4v) is 1.16. The van der Waals surface area contributed by atoms with Crippen LogP contribution in [-0.2, 0) is 11.6 Å². The van der Waals surface area contributed by atoms with Crippen molar-refractivity contribution in [1.29, 1.82) is 0 Å². The van der Waals surface area contributed by atoms with Crippen molar-refractivity contribution in [2.24, 2.45) is 0 Å². The predicted octanol–water partition coefficient (Wildman–Crippen LogP) is 3.62. The summed E-state index contributed by atoms with van der Waals surface area (Å²) in [4.78, 5) is 0. The van der Waals surface area contributed by atoms with Gasteiger partial charge in [-0.1, -0.05) is 18.1 Å². The van der Waals surface area contributed by atoms with E-state index in [2.05, 4.69) is 5.92 Å². The number of terminal acetylenes is 1. The molecule has 0 spiro atoms. The first-order valence-electron chi connectivity index (χ1n) is 4.43. The largest absolute Gasteiger partial charge is 0.416 e. The Labute approximate surface area is 87.1 Å². The van der Waals surface area contributed by atoms with Crippen molar-refractivity contribution in [1.82, 2.24) is 0 Å². The van der Waals surface area contributed by atoms with Gasteiger partial charge in [0.05, 0.1) is 11.0 Å². The Balaban J connectivity index is 3.08. The summed E-state index contributed by atoms with van der Waals surface area (Å²) in [6, 6.07) is 4.94. The average Bonchev–Trinajstić information content (AvgIpc) is 2.17. The zero-order chi connectivity index (χ0) is 11.7. The molecule has 0 saturated carbocycles. The van der Waals surface area contributed by atoms with Crippen LogP contribution in [0.2, 0.25) is 0 Å². The smallest absolute Gasteiger partial charge is 0.166 e. The molecule has 0 amide bonds.